The summed E-state index contributed by atoms with van der Waals surface area (Å²) in [5.41, 5.74) is 8.47. The van der Waals surface area contributed by atoms with Gasteiger partial charge in [0.15, 0.2) is 11.7 Å². The Bertz CT molecular complexity index is 935. The molecule has 0 spiro atoms. The number of amides is 2. The molecular weight excluding hydrogens is 350 g/mol. The summed E-state index contributed by atoms with van der Waals surface area (Å²) >= 11 is 1.33. The number of anilines is 1. The Labute approximate surface area is 154 Å². The molecule has 0 aliphatic carbocycles. The number of thiazole rings is 1. The number of carbonyl (C=O) groups is 2. The van der Waals surface area contributed by atoms with Gasteiger partial charge in [-0.05, 0) is 19.1 Å². The monoisotopic (exact) mass is 367 g/mol. The van der Waals surface area contributed by atoms with Crippen LogP contribution in [-0.4, -0.2) is 23.4 Å². The molecule has 3 rings (SSSR count). The van der Waals surface area contributed by atoms with Crippen molar-refractivity contribution in [1.82, 2.24) is 4.98 Å². The van der Waals surface area contributed by atoms with E-state index in [2.05, 4.69) is 10.3 Å². The summed E-state index contributed by atoms with van der Waals surface area (Å²) in [7, 11) is 0. The van der Waals surface area contributed by atoms with Crippen molar-refractivity contribution in [3.05, 3.63) is 65.0 Å². The van der Waals surface area contributed by atoms with Gasteiger partial charge in [0.25, 0.3) is 11.8 Å². The van der Waals surface area contributed by atoms with Gasteiger partial charge in [0, 0.05) is 10.9 Å². The first-order valence-electron chi connectivity index (χ1n) is 7.87. The number of nitrogens with one attached hydrogen (secondary N) is 1. The third kappa shape index (κ3) is 4.25. The van der Waals surface area contributed by atoms with E-state index in [1.54, 1.807) is 24.3 Å². The Hall–Kier alpha value is -3.19. The van der Waals surface area contributed by atoms with Crippen LogP contribution in [0.1, 0.15) is 15.9 Å². The molecule has 1 heterocycles. The van der Waals surface area contributed by atoms with Crippen LogP contribution in [0, 0.1) is 6.92 Å². The number of nitrogens with zero attached hydrogens (tertiary/aromatic N) is 1. The lowest BCUT2D eigenvalue weighted by molar-refractivity contribution is -0.118. The number of ether oxygens (including phenoxy) is 1. The molecule has 0 aliphatic rings. The Balaban J connectivity index is 1.61. The SMILES string of the molecule is Cc1ccc(-c2csc(NC(=O)COc3ccccc3C(N)=O)n2)cc1. The highest BCUT2D eigenvalue weighted by atomic mass is 32.1. The van der Waals surface area contributed by atoms with E-state index in [1.807, 2.05) is 36.6 Å². The molecule has 2 aromatic carbocycles. The number of primary amides is 1. The zero-order valence-corrected chi connectivity index (χ0v) is 14.9. The molecular formula is C19H17N3O3S. The molecule has 0 aliphatic heterocycles. The maximum atomic E-state index is 12.1. The first-order chi connectivity index (χ1) is 12.5. The molecule has 26 heavy (non-hydrogen) atoms. The van der Waals surface area contributed by atoms with Gasteiger partial charge in [-0.25, -0.2) is 4.98 Å². The lowest BCUT2D eigenvalue weighted by atomic mass is 10.1. The second kappa shape index (κ2) is 7.79. The van der Waals surface area contributed by atoms with Crippen LogP contribution in [0.5, 0.6) is 5.75 Å². The summed E-state index contributed by atoms with van der Waals surface area (Å²) in [6, 6.07) is 14.5. The molecule has 0 bridgehead atoms. The first-order valence-corrected chi connectivity index (χ1v) is 8.75. The van der Waals surface area contributed by atoms with Gasteiger partial charge in [-0.15, -0.1) is 11.3 Å². The van der Waals surface area contributed by atoms with Gasteiger partial charge in [0.05, 0.1) is 11.3 Å². The third-order valence-corrected chi connectivity index (χ3v) is 4.37. The van der Waals surface area contributed by atoms with Crippen LogP contribution in [0.3, 0.4) is 0 Å². The van der Waals surface area contributed by atoms with E-state index < -0.39 is 5.91 Å². The number of benzene rings is 2. The molecule has 0 unspecified atom stereocenters. The Kier molecular flexibility index (Phi) is 5.28. The maximum absolute atomic E-state index is 12.1. The zero-order valence-electron chi connectivity index (χ0n) is 14.1. The molecule has 7 heteroatoms. The zero-order chi connectivity index (χ0) is 18.5. The lowest BCUT2D eigenvalue weighted by Gasteiger charge is -2.08. The molecule has 0 atom stereocenters. The summed E-state index contributed by atoms with van der Waals surface area (Å²) in [6.45, 7) is 1.77. The van der Waals surface area contributed by atoms with E-state index in [0.29, 0.717) is 5.13 Å². The van der Waals surface area contributed by atoms with Gasteiger partial charge in [-0.3, -0.25) is 14.9 Å². The van der Waals surface area contributed by atoms with Crippen LogP contribution in [0.15, 0.2) is 53.9 Å². The summed E-state index contributed by atoms with van der Waals surface area (Å²) in [4.78, 5) is 27.8. The molecule has 3 N–H and O–H groups in total. The number of hydrogen-bond donors (Lipinski definition) is 2. The van der Waals surface area contributed by atoms with Crippen LogP contribution in [-0.2, 0) is 4.79 Å². The highest BCUT2D eigenvalue weighted by molar-refractivity contribution is 7.14. The van der Waals surface area contributed by atoms with Crippen molar-refractivity contribution in [1.29, 1.82) is 0 Å². The average molecular weight is 367 g/mol. The third-order valence-electron chi connectivity index (χ3n) is 3.61. The number of aromatic nitrogens is 1. The molecule has 6 nitrogen and oxygen atoms in total. The lowest BCUT2D eigenvalue weighted by Crippen LogP contribution is -2.21. The van der Waals surface area contributed by atoms with E-state index in [-0.39, 0.29) is 23.8 Å². The minimum atomic E-state index is -0.608. The van der Waals surface area contributed by atoms with E-state index in [9.17, 15) is 9.59 Å². The number of hydrogen-bond acceptors (Lipinski definition) is 5. The van der Waals surface area contributed by atoms with E-state index >= 15 is 0 Å². The Morgan fingerprint density at radius 1 is 1.15 bits per heavy atom. The van der Waals surface area contributed by atoms with Gasteiger partial charge < -0.3 is 10.5 Å². The van der Waals surface area contributed by atoms with E-state index in [4.69, 9.17) is 10.5 Å². The smallest absolute Gasteiger partial charge is 0.264 e. The Morgan fingerprint density at radius 3 is 2.62 bits per heavy atom. The number of aryl methyl sites for hydroxylation is 1. The fourth-order valence-electron chi connectivity index (χ4n) is 2.28. The fraction of sp³-hybridized carbons (Fsp3) is 0.105. The highest BCUT2D eigenvalue weighted by Crippen LogP contribution is 2.25. The quantitative estimate of drug-likeness (QED) is 0.699. The van der Waals surface area contributed by atoms with Crippen LogP contribution in [0.25, 0.3) is 11.3 Å². The molecule has 0 saturated heterocycles. The summed E-state index contributed by atoms with van der Waals surface area (Å²) < 4.78 is 5.40. The second-order valence-electron chi connectivity index (χ2n) is 5.60. The minimum absolute atomic E-state index is 0.233. The maximum Gasteiger partial charge on any atom is 0.264 e. The topological polar surface area (TPSA) is 94.3 Å². The normalized spacial score (nSPS) is 10.3. The predicted octanol–water partition coefficient (Wildman–Crippen LogP) is 3.23. The second-order valence-corrected chi connectivity index (χ2v) is 6.46. The van der Waals surface area contributed by atoms with Crippen LogP contribution in [0.2, 0.25) is 0 Å². The van der Waals surface area contributed by atoms with Gasteiger partial charge in [-0.2, -0.15) is 0 Å². The minimum Gasteiger partial charge on any atom is -0.483 e. The molecule has 0 fully saturated rings. The van der Waals surface area contributed by atoms with E-state index in [1.165, 1.54) is 16.9 Å². The van der Waals surface area contributed by atoms with Crippen molar-refractivity contribution in [2.75, 3.05) is 11.9 Å². The Morgan fingerprint density at radius 2 is 1.88 bits per heavy atom. The number of rotatable bonds is 6. The largest absolute Gasteiger partial charge is 0.483 e. The van der Waals surface area contributed by atoms with Gasteiger partial charge >= 0.3 is 0 Å². The van der Waals surface area contributed by atoms with Crippen LogP contribution >= 0.6 is 11.3 Å². The van der Waals surface area contributed by atoms with Crippen molar-refractivity contribution in [2.24, 2.45) is 5.73 Å². The molecule has 3 aromatic rings. The van der Waals surface area contributed by atoms with E-state index in [0.717, 1.165) is 11.3 Å². The van der Waals surface area contributed by atoms with Crippen molar-refractivity contribution in [2.45, 2.75) is 6.92 Å². The van der Waals surface area contributed by atoms with Gasteiger partial charge in [0.2, 0.25) is 0 Å². The predicted molar refractivity (Wildman–Crippen MR) is 101 cm³/mol. The average Bonchev–Trinajstić information content (AvgIpc) is 3.09. The molecule has 0 saturated carbocycles. The number of carbonyl (C=O) groups excluding carboxylic acids is 2. The van der Waals surface area contributed by atoms with Crippen molar-refractivity contribution in [3.8, 4) is 17.0 Å². The molecule has 1 aromatic heterocycles. The van der Waals surface area contributed by atoms with Crippen molar-refractivity contribution >= 4 is 28.3 Å². The summed E-state index contributed by atoms with van der Waals surface area (Å²) in [5.74, 6) is -0.701. The fourth-order valence-corrected chi connectivity index (χ4v) is 3.02. The number of para-hydroxylation sites is 1. The van der Waals surface area contributed by atoms with Gasteiger partial charge in [-0.1, -0.05) is 42.0 Å². The number of nitrogens with two attached hydrogens (primary N) is 1. The molecule has 0 radical (unpaired) electrons. The van der Waals surface area contributed by atoms with Crippen LogP contribution < -0.4 is 15.8 Å². The van der Waals surface area contributed by atoms with Crippen LogP contribution in [0.4, 0.5) is 5.13 Å². The van der Waals surface area contributed by atoms with Crippen molar-refractivity contribution in [3.63, 3.8) is 0 Å². The summed E-state index contributed by atoms with van der Waals surface area (Å²) in [6.07, 6.45) is 0. The van der Waals surface area contributed by atoms with Crippen molar-refractivity contribution < 1.29 is 14.3 Å². The standard InChI is InChI=1S/C19H17N3O3S/c1-12-6-8-13(9-7-12)15-11-26-19(21-15)22-17(23)10-25-16-5-3-2-4-14(16)18(20)24/h2-9,11H,10H2,1H3,(H2,20,24)(H,21,22,23). The molecule has 2 amide bonds. The van der Waals surface area contributed by atoms with Gasteiger partial charge in [0.1, 0.15) is 5.75 Å². The first kappa shape index (κ1) is 17.6. The highest BCUT2D eigenvalue weighted by Gasteiger charge is 2.12. The molecule has 132 valence electrons. The summed E-state index contributed by atoms with van der Waals surface area (Å²) in [5, 5.41) is 5.05.